The van der Waals surface area contributed by atoms with Crippen molar-refractivity contribution >= 4 is 21.5 Å². The summed E-state index contributed by atoms with van der Waals surface area (Å²) in [7, 11) is -2.28. The summed E-state index contributed by atoms with van der Waals surface area (Å²) in [6.45, 7) is 5.54. The lowest BCUT2D eigenvalue weighted by Crippen LogP contribution is -2.37. The van der Waals surface area contributed by atoms with E-state index in [0.717, 1.165) is 51.6 Å². The maximum atomic E-state index is 12.6. The molecule has 33 heavy (non-hydrogen) atoms. The predicted octanol–water partition coefficient (Wildman–Crippen LogP) is 0.788. The Morgan fingerprint density at radius 3 is 2.73 bits per heavy atom. The molecule has 1 saturated heterocycles. The molecule has 0 spiro atoms. The lowest BCUT2D eigenvalue weighted by Gasteiger charge is -2.26. The number of methoxy groups -OCH3 is 1. The fraction of sp³-hybridized carbons (Fsp3) is 0.476. The molecule has 1 aliphatic heterocycles. The summed E-state index contributed by atoms with van der Waals surface area (Å²) >= 11 is 0. The molecule has 0 amide bonds. The summed E-state index contributed by atoms with van der Waals surface area (Å²) in [5.74, 6) is 1.59. The zero-order valence-electron chi connectivity index (χ0n) is 18.6. The fourth-order valence-corrected chi connectivity index (χ4v) is 4.84. The SMILES string of the molecule is COc1ccccc1S(=O)(=O)NCCc1nnc2ccc(NCCCN3CCOCC3)nn12. The van der Waals surface area contributed by atoms with Crippen LogP contribution in [0.15, 0.2) is 41.3 Å². The molecule has 11 nitrogen and oxygen atoms in total. The van der Waals surface area contributed by atoms with Crippen molar-refractivity contribution in [1.82, 2.24) is 29.4 Å². The number of morpholine rings is 1. The number of anilines is 1. The molecule has 0 aliphatic carbocycles. The third kappa shape index (κ3) is 5.96. The van der Waals surface area contributed by atoms with Crippen LogP contribution in [0.25, 0.3) is 5.65 Å². The van der Waals surface area contributed by atoms with Crippen molar-refractivity contribution in [3.8, 4) is 5.75 Å². The van der Waals surface area contributed by atoms with Gasteiger partial charge in [-0.2, -0.15) is 4.52 Å². The monoisotopic (exact) mass is 475 g/mol. The van der Waals surface area contributed by atoms with Crippen LogP contribution in [0.4, 0.5) is 5.82 Å². The second-order valence-electron chi connectivity index (χ2n) is 7.64. The Morgan fingerprint density at radius 2 is 1.91 bits per heavy atom. The van der Waals surface area contributed by atoms with Crippen molar-refractivity contribution in [2.45, 2.75) is 17.7 Å². The number of fused-ring (bicyclic) bond motifs is 1. The number of benzene rings is 1. The van der Waals surface area contributed by atoms with Gasteiger partial charge in [-0.1, -0.05) is 12.1 Å². The van der Waals surface area contributed by atoms with Crippen LogP contribution in [0.1, 0.15) is 12.2 Å². The summed E-state index contributed by atoms with van der Waals surface area (Å²) in [5.41, 5.74) is 0.608. The van der Waals surface area contributed by atoms with Gasteiger partial charge in [-0.15, -0.1) is 15.3 Å². The molecule has 2 aromatic heterocycles. The number of nitrogens with one attached hydrogen (secondary N) is 2. The Morgan fingerprint density at radius 1 is 1.09 bits per heavy atom. The summed E-state index contributed by atoms with van der Waals surface area (Å²) in [6, 6.07) is 10.2. The molecule has 0 bridgehead atoms. The van der Waals surface area contributed by atoms with Gasteiger partial charge >= 0.3 is 0 Å². The Balaban J connectivity index is 1.32. The van der Waals surface area contributed by atoms with Gasteiger partial charge in [0.15, 0.2) is 11.5 Å². The molecule has 4 rings (SSSR count). The highest BCUT2D eigenvalue weighted by Gasteiger charge is 2.19. The summed E-state index contributed by atoms with van der Waals surface area (Å²) in [4.78, 5) is 2.49. The van der Waals surface area contributed by atoms with Gasteiger partial charge in [-0.3, -0.25) is 4.90 Å². The minimum atomic E-state index is -3.72. The van der Waals surface area contributed by atoms with Crippen LogP contribution in [0, 0.1) is 0 Å². The Hall–Kier alpha value is -2.80. The second kappa shape index (κ2) is 10.9. The minimum Gasteiger partial charge on any atom is -0.495 e. The molecule has 1 fully saturated rings. The first kappa shape index (κ1) is 23.4. The highest BCUT2D eigenvalue weighted by molar-refractivity contribution is 7.89. The Labute approximate surface area is 193 Å². The molecule has 3 aromatic rings. The van der Waals surface area contributed by atoms with Crippen molar-refractivity contribution in [2.75, 3.05) is 58.4 Å². The normalized spacial score (nSPS) is 15.1. The average Bonchev–Trinajstić information content (AvgIpc) is 3.24. The van der Waals surface area contributed by atoms with Crippen molar-refractivity contribution in [2.24, 2.45) is 0 Å². The lowest BCUT2D eigenvalue weighted by atomic mass is 10.3. The molecule has 2 N–H and O–H groups in total. The number of sulfonamides is 1. The standard InChI is InChI=1S/C21H29N7O4S/c1-31-17-5-2-3-6-18(17)33(29,30)23-11-9-21-25-24-20-8-7-19(26-28(20)21)22-10-4-12-27-13-15-32-16-14-27/h2-3,5-8,23H,4,9-16H2,1H3,(H,22,26). The lowest BCUT2D eigenvalue weighted by molar-refractivity contribution is 0.0378. The smallest absolute Gasteiger partial charge is 0.244 e. The Kier molecular flexibility index (Phi) is 7.70. The molecule has 0 radical (unpaired) electrons. The first-order chi connectivity index (χ1) is 16.1. The first-order valence-corrected chi connectivity index (χ1v) is 12.4. The number of hydrogen-bond donors (Lipinski definition) is 2. The van der Waals surface area contributed by atoms with Crippen LogP contribution >= 0.6 is 0 Å². The van der Waals surface area contributed by atoms with Crippen molar-refractivity contribution in [3.63, 3.8) is 0 Å². The van der Waals surface area contributed by atoms with E-state index < -0.39 is 10.0 Å². The number of hydrogen-bond acceptors (Lipinski definition) is 9. The maximum Gasteiger partial charge on any atom is 0.244 e. The van der Waals surface area contributed by atoms with E-state index in [1.165, 1.54) is 13.2 Å². The molecule has 0 unspecified atom stereocenters. The van der Waals surface area contributed by atoms with Gasteiger partial charge in [-0.25, -0.2) is 13.1 Å². The second-order valence-corrected chi connectivity index (χ2v) is 9.37. The summed E-state index contributed by atoms with van der Waals surface area (Å²) < 4.78 is 40.1. The molecular weight excluding hydrogens is 446 g/mol. The number of para-hydroxylation sites is 1. The van der Waals surface area contributed by atoms with E-state index in [0.29, 0.717) is 23.6 Å². The largest absolute Gasteiger partial charge is 0.495 e. The average molecular weight is 476 g/mol. The highest BCUT2D eigenvalue weighted by atomic mass is 32.2. The number of rotatable bonds is 11. The topological polar surface area (TPSA) is 123 Å². The van der Waals surface area contributed by atoms with Crippen LogP contribution in [-0.4, -0.2) is 86.2 Å². The molecule has 0 saturated carbocycles. The van der Waals surface area contributed by atoms with Gasteiger partial charge in [0, 0.05) is 32.6 Å². The van der Waals surface area contributed by atoms with Gasteiger partial charge in [0.25, 0.3) is 0 Å². The van der Waals surface area contributed by atoms with E-state index in [-0.39, 0.29) is 11.4 Å². The van der Waals surface area contributed by atoms with Crippen LogP contribution in [0.2, 0.25) is 0 Å². The first-order valence-electron chi connectivity index (χ1n) is 10.9. The maximum absolute atomic E-state index is 12.6. The number of aromatic nitrogens is 4. The third-order valence-electron chi connectivity index (χ3n) is 5.39. The van der Waals surface area contributed by atoms with E-state index in [4.69, 9.17) is 9.47 Å². The number of ether oxygens (including phenoxy) is 2. The van der Waals surface area contributed by atoms with E-state index in [1.54, 1.807) is 22.7 Å². The zero-order valence-corrected chi connectivity index (χ0v) is 19.4. The zero-order chi connectivity index (χ0) is 23.1. The van der Waals surface area contributed by atoms with Crippen molar-refractivity contribution < 1.29 is 17.9 Å². The van der Waals surface area contributed by atoms with Gasteiger partial charge in [0.2, 0.25) is 10.0 Å². The van der Waals surface area contributed by atoms with Gasteiger partial charge < -0.3 is 14.8 Å². The molecular formula is C21H29N7O4S. The molecule has 1 aliphatic rings. The van der Waals surface area contributed by atoms with E-state index in [9.17, 15) is 8.42 Å². The van der Waals surface area contributed by atoms with Gasteiger partial charge in [0.1, 0.15) is 16.5 Å². The van der Waals surface area contributed by atoms with Crippen LogP contribution in [-0.2, 0) is 21.2 Å². The van der Waals surface area contributed by atoms with Gasteiger partial charge in [-0.05, 0) is 37.2 Å². The summed E-state index contributed by atoms with van der Waals surface area (Å²) in [5, 5.41) is 16.2. The van der Waals surface area contributed by atoms with Crippen molar-refractivity contribution in [3.05, 3.63) is 42.2 Å². The quantitative estimate of drug-likeness (QED) is 0.387. The minimum absolute atomic E-state index is 0.0975. The van der Waals surface area contributed by atoms with Crippen molar-refractivity contribution in [1.29, 1.82) is 0 Å². The van der Waals surface area contributed by atoms with Crippen LogP contribution in [0.5, 0.6) is 5.75 Å². The predicted molar refractivity (Wildman–Crippen MR) is 123 cm³/mol. The van der Waals surface area contributed by atoms with E-state index >= 15 is 0 Å². The van der Waals surface area contributed by atoms with Crippen LogP contribution in [0.3, 0.4) is 0 Å². The molecule has 1 aromatic carbocycles. The molecule has 3 heterocycles. The third-order valence-corrected chi connectivity index (χ3v) is 6.89. The van der Waals surface area contributed by atoms with E-state index in [1.807, 2.05) is 12.1 Å². The highest BCUT2D eigenvalue weighted by Crippen LogP contribution is 2.22. The van der Waals surface area contributed by atoms with Crippen LogP contribution < -0.4 is 14.8 Å². The van der Waals surface area contributed by atoms with E-state index in [2.05, 4.69) is 30.2 Å². The van der Waals surface area contributed by atoms with Gasteiger partial charge in [0.05, 0.1) is 20.3 Å². The fourth-order valence-electron chi connectivity index (χ4n) is 3.64. The Bertz CT molecular complexity index is 1160. The summed E-state index contributed by atoms with van der Waals surface area (Å²) in [6.07, 6.45) is 1.34. The molecule has 0 atom stereocenters. The molecule has 12 heteroatoms. The molecule has 178 valence electrons. The number of nitrogens with zero attached hydrogens (tertiary/aromatic N) is 5.